The Bertz CT molecular complexity index is 260. The van der Waals surface area contributed by atoms with Gasteiger partial charge < -0.3 is 5.32 Å². The van der Waals surface area contributed by atoms with Crippen molar-refractivity contribution in [2.24, 2.45) is 5.92 Å². The summed E-state index contributed by atoms with van der Waals surface area (Å²) in [6.07, 6.45) is 13.1. The van der Waals surface area contributed by atoms with Crippen LogP contribution < -0.4 is 5.32 Å². The molecule has 2 heterocycles. The van der Waals surface area contributed by atoms with Gasteiger partial charge >= 0.3 is 0 Å². The van der Waals surface area contributed by atoms with Crippen LogP contribution in [0.25, 0.3) is 0 Å². The predicted octanol–water partition coefficient (Wildman–Crippen LogP) is 3.17. The van der Waals surface area contributed by atoms with Gasteiger partial charge in [-0.25, -0.2) is 0 Å². The molecule has 0 amide bonds. The average Bonchev–Trinajstić information content (AvgIpc) is 2.83. The molecule has 0 aromatic heterocycles. The van der Waals surface area contributed by atoms with Crippen LogP contribution in [0.3, 0.4) is 0 Å². The maximum absolute atomic E-state index is 4.01. The van der Waals surface area contributed by atoms with Gasteiger partial charge in [0.2, 0.25) is 0 Å². The minimum absolute atomic E-state index is 0.747. The molecule has 2 aliphatic heterocycles. The average molecular weight is 250 g/mol. The number of nitrogens with one attached hydrogen (secondary N) is 1. The van der Waals surface area contributed by atoms with Gasteiger partial charge in [-0.05, 0) is 51.5 Å². The Balaban J connectivity index is 1.52. The second-order valence-corrected chi connectivity index (χ2v) is 6.85. The van der Waals surface area contributed by atoms with Crippen molar-refractivity contribution in [2.75, 3.05) is 13.1 Å². The third-order valence-electron chi connectivity index (χ3n) is 5.69. The van der Waals surface area contributed by atoms with Gasteiger partial charge in [0.1, 0.15) is 0 Å². The van der Waals surface area contributed by atoms with Gasteiger partial charge in [-0.3, -0.25) is 4.90 Å². The van der Waals surface area contributed by atoms with Gasteiger partial charge in [0.05, 0.1) is 0 Å². The lowest BCUT2D eigenvalue weighted by Crippen LogP contribution is -2.49. The van der Waals surface area contributed by atoms with Gasteiger partial charge in [0.15, 0.2) is 0 Å². The Hall–Kier alpha value is -0.0800. The van der Waals surface area contributed by atoms with Crippen molar-refractivity contribution in [3.05, 3.63) is 0 Å². The van der Waals surface area contributed by atoms with Crippen LogP contribution in [0.15, 0.2) is 0 Å². The highest BCUT2D eigenvalue weighted by atomic mass is 15.2. The molecule has 0 bridgehead atoms. The molecule has 3 rings (SSSR count). The molecule has 2 heteroatoms. The molecule has 1 N–H and O–H groups in total. The first-order valence-electron chi connectivity index (χ1n) is 8.35. The van der Waals surface area contributed by atoms with Crippen LogP contribution in [0.1, 0.15) is 64.7 Å². The van der Waals surface area contributed by atoms with Crippen LogP contribution in [0.2, 0.25) is 0 Å². The summed E-state index contributed by atoms with van der Waals surface area (Å²) in [6.45, 7) is 5.15. The van der Waals surface area contributed by atoms with Crippen molar-refractivity contribution in [1.82, 2.24) is 10.2 Å². The second-order valence-electron chi connectivity index (χ2n) is 6.85. The lowest BCUT2D eigenvalue weighted by atomic mass is 9.84. The van der Waals surface area contributed by atoms with Crippen LogP contribution in [-0.4, -0.2) is 36.1 Å². The predicted molar refractivity (Wildman–Crippen MR) is 76.8 cm³/mol. The van der Waals surface area contributed by atoms with Crippen LogP contribution >= 0.6 is 0 Å². The number of hydrogen-bond donors (Lipinski definition) is 1. The molecule has 0 aromatic carbocycles. The van der Waals surface area contributed by atoms with E-state index >= 15 is 0 Å². The van der Waals surface area contributed by atoms with E-state index in [9.17, 15) is 0 Å². The van der Waals surface area contributed by atoms with E-state index in [1.165, 1.54) is 70.9 Å². The molecule has 3 aliphatic rings. The highest BCUT2D eigenvalue weighted by Crippen LogP contribution is 2.30. The van der Waals surface area contributed by atoms with Crippen molar-refractivity contribution >= 4 is 0 Å². The van der Waals surface area contributed by atoms with Crippen molar-refractivity contribution in [3.63, 3.8) is 0 Å². The Labute approximate surface area is 113 Å². The molecule has 3 fully saturated rings. The first kappa shape index (κ1) is 12.9. The monoisotopic (exact) mass is 250 g/mol. The zero-order valence-corrected chi connectivity index (χ0v) is 12.0. The maximum atomic E-state index is 4.01. The second kappa shape index (κ2) is 5.92. The van der Waals surface area contributed by atoms with E-state index in [2.05, 4.69) is 17.1 Å². The third kappa shape index (κ3) is 2.75. The molecular weight excluding hydrogens is 220 g/mol. The lowest BCUT2D eigenvalue weighted by Gasteiger charge is -2.36. The molecule has 3 atom stereocenters. The summed E-state index contributed by atoms with van der Waals surface area (Å²) >= 11 is 0. The van der Waals surface area contributed by atoms with Crippen LogP contribution in [-0.2, 0) is 0 Å². The number of rotatable bonds is 3. The summed E-state index contributed by atoms with van der Waals surface area (Å²) in [5.41, 5.74) is 0. The highest BCUT2D eigenvalue weighted by Gasteiger charge is 2.36. The summed E-state index contributed by atoms with van der Waals surface area (Å²) in [4.78, 5) is 2.74. The number of nitrogens with zero attached hydrogens (tertiary/aromatic N) is 1. The molecule has 2 saturated heterocycles. The molecule has 0 radical (unpaired) electrons. The van der Waals surface area contributed by atoms with E-state index in [1.54, 1.807) is 0 Å². The van der Waals surface area contributed by atoms with Crippen LogP contribution in [0.5, 0.6) is 0 Å². The molecular formula is C16H30N2. The Morgan fingerprint density at radius 1 is 0.889 bits per heavy atom. The lowest BCUT2D eigenvalue weighted by molar-refractivity contribution is 0.168. The largest absolute Gasteiger partial charge is 0.310 e. The summed E-state index contributed by atoms with van der Waals surface area (Å²) < 4.78 is 0. The fourth-order valence-corrected chi connectivity index (χ4v) is 4.55. The van der Waals surface area contributed by atoms with E-state index in [1.807, 2.05) is 0 Å². The molecule has 3 unspecified atom stereocenters. The Morgan fingerprint density at radius 2 is 1.67 bits per heavy atom. The van der Waals surface area contributed by atoms with E-state index < -0.39 is 0 Å². The fourth-order valence-electron chi connectivity index (χ4n) is 4.55. The zero-order chi connectivity index (χ0) is 12.4. The third-order valence-corrected chi connectivity index (χ3v) is 5.69. The van der Waals surface area contributed by atoms with Gasteiger partial charge in [-0.15, -0.1) is 0 Å². The first-order chi connectivity index (χ1) is 8.84. The van der Waals surface area contributed by atoms with Crippen molar-refractivity contribution in [1.29, 1.82) is 0 Å². The standard InChI is InChI=1S/C16H30N2/c1-13(14-7-3-2-4-8-14)17-15-10-12-18-11-6-5-9-16(15)18/h13-17H,2-12H2,1H3. The molecule has 2 nitrogen and oxygen atoms in total. The maximum Gasteiger partial charge on any atom is 0.0249 e. The molecule has 0 spiro atoms. The Kier molecular flexibility index (Phi) is 4.25. The van der Waals surface area contributed by atoms with Crippen molar-refractivity contribution < 1.29 is 0 Å². The van der Waals surface area contributed by atoms with Gasteiger partial charge in [-0.2, -0.15) is 0 Å². The van der Waals surface area contributed by atoms with Crippen LogP contribution in [0.4, 0.5) is 0 Å². The van der Waals surface area contributed by atoms with Crippen molar-refractivity contribution in [3.8, 4) is 0 Å². The SMILES string of the molecule is CC(NC1CCN2CCCCC12)C1CCCCC1. The van der Waals surface area contributed by atoms with Crippen molar-refractivity contribution in [2.45, 2.75) is 82.8 Å². The number of hydrogen-bond acceptors (Lipinski definition) is 2. The summed E-state index contributed by atoms with van der Waals surface area (Å²) in [6, 6.07) is 2.41. The molecule has 1 saturated carbocycles. The van der Waals surface area contributed by atoms with E-state index in [-0.39, 0.29) is 0 Å². The number of piperidine rings is 1. The fraction of sp³-hybridized carbons (Fsp3) is 1.00. The minimum atomic E-state index is 0.747. The normalized spacial score (nSPS) is 36.5. The van der Waals surface area contributed by atoms with Gasteiger partial charge in [-0.1, -0.05) is 25.7 Å². The minimum Gasteiger partial charge on any atom is -0.310 e. The number of fused-ring (bicyclic) bond motifs is 1. The van der Waals surface area contributed by atoms with Gasteiger partial charge in [0, 0.05) is 24.7 Å². The summed E-state index contributed by atoms with van der Waals surface area (Å²) in [7, 11) is 0. The quantitative estimate of drug-likeness (QED) is 0.827. The van der Waals surface area contributed by atoms with E-state index in [0.29, 0.717) is 0 Å². The first-order valence-corrected chi connectivity index (χ1v) is 8.35. The smallest absolute Gasteiger partial charge is 0.0249 e. The molecule has 104 valence electrons. The molecule has 1 aliphatic carbocycles. The van der Waals surface area contributed by atoms with Gasteiger partial charge in [0.25, 0.3) is 0 Å². The van der Waals surface area contributed by atoms with Crippen LogP contribution in [0, 0.1) is 5.92 Å². The molecule has 0 aromatic rings. The Morgan fingerprint density at radius 3 is 2.50 bits per heavy atom. The highest BCUT2D eigenvalue weighted by molar-refractivity contribution is 4.95. The van der Waals surface area contributed by atoms with E-state index in [0.717, 1.165) is 24.0 Å². The summed E-state index contributed by atoms with van der Waals surface area (Å²) in [5.74, 6) is 0.955. The molecule has 18 heavy (non-hydrogen) atoms. The van der Waals surface area contributed by atoms with E-state index in [4.69, 9.17) is 0 Å². The zero-order valence-electron chi connectivity index (χ0n) is 12.0. The summed E-state index contributed by atoms with van der Waals surface area (Å²) in [5, 5.41) is 4.01. The topological polar surface area (TPSA) is 15.3 Å².